The number of aryl methyl sites for hydroxylation is 3. The SMILES string of the molecule is CN=C/C(=C\N)c1ccc(-c2c3c(nn2C)CCc2cnc(N/C(C=NC4CCNCC4)=C/N)nc2-3)cc1. The summed E-state index contributed by atoms with van der Waals surface area (Å²) >= 11 is 0. The van der Waals surface area contributed by atoms with Crippen molar-refractivity contribution in [1.82, 2.24) is 25.1 Å². The Hall–Kier alpha value is -4.31. The zero-order valence-electron chi connectivity index (χ0n) is 21.9. The third-order valence-electron chi connectivity index (χ3n) is 6.96. The van der Waals surface area contributed by atoms with Crippen LogP contribution in [0.15, 0.2) is 58.5 Å². The molecule has 0 unspecified atom stereocenters. The van der Waals surface area contributed by atoms with Gasteiger partial charge in [-0.3, -0.25) is 14.7 Å². The van der Waals surface area contributed by atoms with Crippen molar-refractivity contribution in [2.24, 2.45) is 28.5 Å². The second kappa shape index (κ2) is 11.4. The first-order valence-electron chi connectivity index (χ1n) is 12.9. The molecule has 5 rings (SSSR count). The van der Waals surface area contributed by atoms with Crippen molar-refractivity contribution in [3.05, 3.63) is 65.4 Å². The lowest BCUT2D eigenvalue weighted by Crippen LogP contribution is -2.30. The molecule has 38 heavy (non-hydrogen) atoms. The van der Waals surface area contributed by atoms with Gasteiger partial charge in [0.05, 0.1) is 28.8 Å². The summed E-state index contributed by atoms with van der Waals surface area (Å²) in [6.45, 7) is 1.98. The molecule has 2 aliphatic rings. The molecule has 0 amide bonds. The molecule has 1 fully saturated rings. The molecule has 6 N–H and O–H groups in total. The van der Waals surface area contributed by atoms with Crippen molar-refractivity contribution in [3.8, 4) is 22.5 Å². The Morgan fingerprint density at radius 3 is 2.61 bits per heavy atom. The van der Waals surface area contributed by atoms with E-state index in [-0.39, 0.29) is 0 Å². The van der Waals surface area contributed by atoms with Crippen LogP contribution < -0.4 is 22.1 Å². The van der Waals surface area contributed by atoms with E-state index in [1.165, 1.54) is 6.20 Å². The van der Waals surface area contributed by atoms with Gasteiger partial charge in [-0.2, -0.15) is 5.10 Å². The number of piperidine rings is 1. The molecular weight excluding hydrogens is 476 g/mol. The molecule has 10 heteroatoms. The topological polar surface area (TPSA) is 144 Å². The predicted octanol–water partition coefficient (Wildman–Crippen LogP) is 2.68. The first-order chi connectivity index (χ1) is 18.6. The van der Waals surface area contributed by atoms with Crippen LogP contribution in [0.5, 0.6) is 0 Å². The van der Waals surface area contributed by atoms with E-state index in [0.29, 0.717) is 17.7 Å². The second-order valence-corrected chi connectivity index (χ2v) is 9.45. The van der Waals surface area contributed by atoms with Crippen LogP contribution >= 0.6 is 0 Å². The zero-order valence-corrected chi connectivity index (χ0v) is 21.9. The van der Waals surface area contributed by atoms with Crippen molar-refractivity contribution < 1.29 is 0 Å². The third kappa shape index (κ3) is 5.21. The number of rotatable bonds is 7. The van der Waals surface area contributed by atoms with Gasteiger partial charge in [0.25, 0.3) is 0 Å². The minimum absolute atomic E-state index is 0.301. The number of aromatic nitrogens is 4. The number of nitrogens with two attached hydrogens (primary N) is 2. The fourth-order valence-corrected chi connectivity index (χ4v) is 5.01. The van der Waals surface area contributed by atoms with Crippen LogP contribution in [-0.2, 0) is 19.9 Å². The summed E-state index contributed by atoms with van der Waals surface area (Å²) in [6, 6.07) is 8.56. The van der Waals surface area contributed by atoms with Gasteiger partial charge in [-0.25, -0.2) is 9.97 Å². The molecule has 0 radical (unpaired) electrons. The van der Waals surface area contributed by atoms with Gasteiger partial charge in [0.2, 0.25) is 5.95 Å². The molecule has 0 saturated carbocycles. The number of hydrogen-bond donors (Lipinski definition) is 4. The molecule has 0 bridgehead atoms. The summed E-state index contributed by atoms with van der Waals surface area (Å²) in [7, 11) is 3.71. The highest BCUT2D eigenvalue weighted by molar-refractivity contribution is 6.09. The summed E-state index contributed by atoms with van der Waals surface area (Å²) < 4.78 is 1.94. The van der Waals surface area contributed by atoms with Crippen molar-refractivity contribution in [1.29, 1.82) is 0 Å². The quantitative estimate of drug-likeness (QED) is 0.358. The Kier molecular flexibility index (Phi) is 7.60. The first kappa shape index (κ1) is 25.3. The van der Waals surface area contributed by atoms with Gasteiger partial charge in [0, 0.05) is 61.8 Å². The predicted molar refractivity (Wildman–Crippen MR) is 154 cm³/mol. The molecule has 2 aromatic heterocycles. The smallest absolute Gasteiger partial charge is 0.227 e. The average molecular weight is 511 g/mol. The Bertz CT molecular complexity index is 1410. The van der Waals surface area contributed by atoms with Crippen LogP contribution in [0.25, 0.3) is 28.1 Å². The van der Waals surface area contributed by atoms with E-state index in [1.807, 2.05) is 30.1 Å². The zero-order chi connectivity index (χ0) is 26.5. The number of nitrogens with one attached hydrogen (secondary N) is 2. The standard InChI is InChI=1S/C28H34N10/c1-31-15-21(13-29)18-3-5-19(6-4-18)27-25-24(37-38(27)2)8-7-20-16-34-28(36-26(20)25)35-23(14-30)17-33-22-9-11-32-12-10-22/h3-6,13-17,22,32H,7-12,29-30H2,1-2H3,(H,34,35,36)/b21-13+,23-14+,31-15?,33-17?. The number of allylic oxidation sites excluding steroid dienone is 2. The minimum atomic E-state index is 0.301. The fraction of sp³-hybridized carbons (Fsp3) is 0.321. The van der Waals surface area contributed by atoms with Crippen molar-refractivity contribution >= 4 is 24.0 Å². The molecule has 196 valence electrons. The number of nitrogens with zero attached hydrogens (tertiary/aromatic N) is 6. The number of anilines is 1. The number of hydrogen-bond acceptors (Lipinski definition) is 9. The molecule has 1 aromatic carbocycles. The highest BCUT2D eigenvalue weighted by Crippen LogP contribution is 2.39. The highest BCUT2D eigenvalue weighted by atomic mass is 15.3. The van der Waals surface area contributed by atoms with Crippen LogP contribution in [-0.4, -0.2) is 58.4 Å². The summed E-state index contributed by atoms with van der Waals surface area (Å²) in [4.78, 5) is 18.3. The largest absolute Gasteiger partial charge is 0.404 e. The summed E-state index contributed by atoms with van der Waals surface area (Å²) in [5, 5.41) is 11.4. The van der Waals surface area contributed by atoms with Gasteiger partial charge < -0.3 is 22.1 Å². The lowest BCUT2D eigenvalue weighted by atomic mass is 9.91. The monoisotopic (exact) mass is 510 g/mol. The van der Waals surface area contributed by atoms with Crippen LogP contribution in [0, 0.1) is 0 Å². The number of fused-ring (bicyclic) bond motifs is 3. The van der Waals surface area contributed by atoms with E-state index in [4.69, 9.17) is 26.5 Å². The molecule has 1 aliphatic carbocycles. The molecule has 0 atom stereocenters. The minimum Gasteiger partial charge on any atom is -0.404 e. The lowest BCUT2D eigenvalue weighted by molar-refractivity contribution is 0.461. The van der Waals surface area contributed by atoms with Crippen molar-refractivity contribution in [2.45, 2.75) is 31.7 Å². The number of benzene rings is 1. The molecule has 3 heterocycles. The van der Waals surface area contributed by atoms with E-state index in [1.54, 1.807) is 25.7 Å². The highest BCUT2D eigenvalue weighted by Gasteiger charge is 2.27. The molecular formula is C28H34N10. The molecule has 3 aromatic rings. The summed E-state index contributed by atoms with van der Waals surface area (Å²) in [6.07, 6.45) is 12.2. The van der Waals surface area contributed by atoms with Gasteiger partial charge in [-0.05, 0) is 49.9 Å². The molecule has 1 aliphatic heterocycles. The van der Waals surface area contributed by atoms with Gasteiger partial charge in [0.1, 0.15) is 0 Å². The van der Waals surface area contributed by atoms with Gasteiger partial charge >= 0.3 is 0 Å². The third-order valence-corrected chi connectivity index (χ3v) is 6.96. The van der Waals surface area contributed by atoms with E-state index in [9.17, 15) is 0 Å². The van der Waals surface area contributed by atoms with Crippen LogP contribution in [0.1, 0.15) is 29.7 Å². The van der Waals surface area contributed by atoms with E-state index < -0.39 is 0 Å². The summed E-state index contributed by atoms with van der Waals surface area (Å²) in [5.41, 5.74) is 20.4. The fourth-order valence-electron chi connectivity index (χ4n) is 5.01. The van der Waals surface area contributed by atoms with E-state index in [2.05, 4.69) is 32.7 Å². The van der Waals surface area contributed by atoms with Crippen LogP contribution in [0.3, 0.4) is 0 Å². The second-order valence-electron chi connectivity index (χ2n) is 9.45. The van der Waals surface area contributed by atoms with Gasteiger partial charge in [-0.15, -0.1) is 0 Å². The molecule has 10 nitrogen and oxygen atoms in total. The van der Waals surface area contributed by atoms with Crippen molar-refractivity contribution in [2.75, 3.05) is 25.5 Å². The van der Waals surface area contributed by atoms with Gasteiger partial charge in [-0.1, -0.05) is 24.3 Å². The van der Waals surface area contributed by atoms with Crippen LogP contribution in [0.2, 0.25) is 0 Å². The normalized spacial score (nSPS) is 16.7. The number of aliphatic imine (C=N–C) groups is 2. The maximum atomic E-state index is 5.90. The van der Waals surface area contributed by atoms with Crippen LogP contribution in [0.4, 0.5) is 5.95 Å². The van der Waals surface area contributed by atoms with Crippen molar-refractivity contribution in [3.63, 3.8) is 0 Å². The Morgan fingerprint density at radius 1 is 1.11 bits per heavy atom. The average Bonchev–Trinajstić information content (AvgIpc) is 3.30. The molecule has 1 saturated heterocycles. The Balaban J connectivity index is 1.45. The lowest BCUT2D eigenvalue weighted by Gasteiger charge is -2.19. The van der Waals surface area contributed by atoms with E-state index in [0.717, 1.165) is 83.7 Å². The Morgan fingerprint density at radius 2 is 1.89 bits per heavy atom. The van der Waals surface area contributed by atoms with E-state index >= 15 is 0 Å². The maximum absolute atomic E-state index is 5.90. The molecule has 0 spiro atoms. The first-order valence-corrected chi connectivity index (χ1v) is 12.9. The van der Waals surface area contributed by atoms with Gasteiger partial charge in [0.15, 0.2) is 0 Å². The summed E-state index contributed by atoms with van der Waals surface area (Å²) in [5.74, 6) is 0.479. The Labute approximate surface area is 222 Å². The maximum Gasteiger partial charge on any atom is 0.227 e.